The molecule has 3 rings (SSSR count). The molecule has 4 heteroatoms. The van der Waals surface area contributed by atoms with Crippen LogP contribution in [0.2, 0.25) is 0 Å². The van der Waals surface area contributed by atoms with Gasteiger partial charge in [0.2, 0.25) is 0 Å². The van der Waals surface area contributed by atoms with Crippen molar-refractivity contribution in [2.75, 3.05) is 25.0 Å². The highest BCUT2D eigenvalue weighted by atomic mass is 32.1. The number of carbonyl (C=O) groups is 1. The minimum Gasteiger partial charge on any atom is -0.373 e. The van der Waals surface area contributed by atoms with Crippen molar-refractivity contribution in [3.8, 4) is 0 Å². The Balaban J connectivity index is 1.61. The number of anilines is 1. The molecular formula is C20H26N2OS. The van der Waals surface area contributed by atoms with Gasteiger partial charge < -0.3 is 10.2 Å². The first kappa shape index (κ1) is 17.2. The second kappa shape index (κ2) is 7.95. The van der Waals surface area contributed by atoms with Gasteiger partial charge in [0.15, 0.2) is 5.78 Å². The number of nitrogens with one attached hydrogen (secondary N) is 1. The van der Waals surface area contributed by atoms with Crippen molar-refractivity contribution in [2.24, 2.45) is 0 Å². The van der Waals surface area contributed by atoms with Gasteiger partial charge in [-0.3, -0.25) is 4.79 Å². The number of hydrogen-bond acceptors (Lipinski definition) is 4. The lowest BCUT2D eigenvalue weighted by atomic mass is 9.82. The van der Waals surface area contributed by atoms with Crippen molar-refractivity contribution in [3.63, 3.8) is 0 Å². The molecular weight excluding hydrogens is 316 g/mol. The van der Waals surface area contributed by atoms with Crippen molar-refractivity contribution < 1.29 is 4.79 Å². The molecule has 2 aromatic rings. The van der Waals surface area contributed by atoms with E-state index in [1.165, 1.54) is 4.88 Å². The molecule has 0 amide bonds. The van der Waals surface area contributed by atoms with Crippen LogP contribution in [0.25, 0.3) is 0 Å². The number of Topliss-reactive ketones (excluding diaryl/α,β-unsaturated/α-hetero) is 1. The van der Waals surface area contributed by atoms with Crippen molar-refractivity contribution in [1.82, 2.24) is 4.90 Å². The van der Waals surface area contributed by atoms with E-state index in [2.05, 4.69) is 27.7 Å². The molecule has 0 aliphatic carbocycles. The maximum Gasteiger partial charge on any atom is 0.157 e. The fourth-order valence-electron chi connectivity index (χ4n) is 3.49. The Morgan fingerprint density at radius 2 is 1.92 bits per heavy atom. The molecule has 1 aliphatic rings. The molecule has 0 unspecified atom stereocenters. The van der Waals surface area contributed by atoms with E-state index in [0.717, 1.165) is 44.6 Å². The van der Waals surface area contributed by atoms with E-state index in [-0.39, 0.29) is 0 Å². The van der Waals surface area contributed by atoms with E-state index in [0.29, 0.717) is 12.2 Å². The number of hydrogen-bond donors (Lipinski definition) is 1. The summed E-state index contributed by atoms with van der Waals surface area (Å²) >= 11 is 1.83. The molecule has 3 nitrogen and oxygen atoms in total. The smallest absolute Gasteiger partial charge is 0.157 e. The Morgan fingerprint density at radius 1 is 1.17 bits per heavy atom. The summed E-state index contributed by atoms with van der Waals surface area (Å²) in [5.41, 5.74) is 0.654. The maximum absolute atomic E-state index is 12.7. The standard InChI is InChI=1S/C20H26N2OS/c1-2-19(23)20(21-17-7-4-3-5-8-17)11-14-22(15-12-20)13-10-18-9-6-16-24-18/h3-9,16,21H,2,10-15H2,1H3. The summed E-state index contributed by atoms with van der Waals surface area (Å²) in [6, 6.07) is 14.5. The molecule has 0 radical (unpaired) electrons. The average molecular weight is 343 g/mol. The predicted octanol–water partition coefficient (Wildman–Crippen LogP) is 4.22. The van der Waals surface area contributed by atoms with Crippen LogP contribution in [0.5, 0.6) is 0 Å². The Kier molecular flexibility index (Phi) is 5.69. The van der Waals surface area contributed by atoms with Crippen LogP contribution < -0.4 is 5.32 Å². The number of para-hydroxylation sites is 1. The summed E-state index contributed by atoms with van der Waals surface area (Å²) < 4.78 is 0. The van der Waals surface area contributed by atoms with Crippen molar-refractivity contribution in [3.05, 3.63) is 52.7 Å². The van der Waals surface area contributed by atoms with Crippen molar-refractivity contribution in [2.45, 2.75) is 38.1 Å². The zero-order valence-corrected chi connectivity index (χ0v) is 15.1. The van der Waals surface area contributed by atoms with E-state index in [1.54, 1.807) is 0 Å². The predicted molar refractivity (Wildman–Crippen MR) is 102 cm³/mol. The van der Waals surface area contributed by atoms with Gasteiger partial charge in [0.25, 0.3) is 0 Å². The van der Waals surface area contributed by atoms with Crippen LogP contribution in [0.4, 0.5) is 5.69 Å². The maximum atomic E-state index is 12.7. The van der Waals surface area contributed by atoms with Gasteiger partial charge >= 0.3 is 0 Å². The van der Waals surface area contributed by atoms with Gasteiger partial charge in [-0.1, -0.05) is 31.2 Å². The number of piperidine rings is 1. The highest BCUT2D eigenvalue weighted by molar-refractivity contribution is 7.09. The summed E-state index contributed by atoms with van der Waals surface area (Å²) in [7, 11) is 0. The number of rotatable bonds is 7. The highest BCUT2D eigenvalue weighted by Gasteiger charge is 2.39. The second-order valence-corrected chi connectivity index (χ2v) is 7.55. The molecule has 0 saturated carbocycles. The van der Waals surface area contributed by atoms with Crippen LogP contribution in [0.1, 0.15) is 31.1 Å². The fourth-order valence-corrected chi connectivity index (χ4v) is 4.19. The third-order valence-electron chi connectivity index (χ3n) is 4.98. The van der Waals surface area contributed by atoms with Crippen LogP contribution >= 0.6 is 11.3 Å². The third-order valence-corrected chi connectivity index (χ3v) is 5.91. The lowest BCUT2D eigenvalue weighted by molar-refractivity contribution is -0.124. The molecule has 0 atom stereocenters. The topological polar surface area (TPSA) is 32.3 Å². The fraction of sp³-hybridized carbons (Fsp3) is 0.450. The molecule has 0 spiro atoms. The first-order valence-electron chi connectivity index (χ1n) is 8.83. The quantitative estimate of drug-likeness (QED) is 0.818. The van der Waals surface area contributed by atoms with E-state index in [9.17, 15) is 4.79 Å². The van der Waals surface area contributed by atoms with Crippen LogP contribution in [-0.2, 0) is 11.2 Å². The van der Waals surface area contributed by atoms with Crippen molar-refractivity contribution in [1.29, 1.82) is 0 Å². The molecule has 0 bridgehead atoms. The molecule has 128 valence electrons. The van der Waals surface area contributed by atoms with Crippen molar-refractivity contribution >= 4 is 22.8 Å². The van der Waals surface area contributed by atoms with Crippen LogP contribution in [-0.4, -0.2) is 35.9 Å². The van der Waals surface area contributed by atoms with Gasteiger partial charge in [-0.05, 0) is 42.8 Å². The van der Waals surface area contributed by atoms with Gasteiger partial charge in [0, 0.05) is 36.6 Å². The largest absolute Gasteiger partial charge is 0.373 e. The Labute approximate surface area is 148 Å². The lowest BCUT2D eigenvalue weighted by Crippen LogP contribution is -2.54. The van der Waals surface area contributed by atoms with Crippen LogP contribution in [0.15, 0.2) is 47.8 Å². The molecule has 24 heavy (non-hydrogen) atoms. The number of carbonyl (C=O) groups excluding carboxylic acids is 1. The molecule has 1 aromatic carbocycles. The summed E-state index contributed by atoms with van der Waals surface area (Å²) in [5.74, 6) is 0.337. The average Bonchev–Trinajstić information content (AvgIpc) is 3.15. The van der Waals surface area contributed by atoms with Gasteiger partial charge in [-0.2, -0.15) is 0 Å². The Bertz CT molecular complexity index is 631. The zero-order chi connectivity index (χ0) is 16.8. The molecule has 1 fully saturated rings. The summed E-state index contributed by atoms with van der Waals surface area (Å²) in [4.78, 5) is 16.6. The van der Waals surface area contributed by atoms with Gasteiger partial charge in [-0.25, -0.2) is 0 Å². The second-order valence-electron chi connectivity index (χ2n) is 6.52. The van der Waals surface area contributed by atoms with Gasteiger partial charge in [-0.15, -0.1) is 11.3 Å². The monoisotopic (exact) mass is 342 g/mol. The minimum atomic E-state index is -0.393. The molecule has 2 heterocycles. The van der Waals surface area contributed by atoms with E-state index < -0.39 is 5.54 Å². The van der Waals surface area contributed by atoms with E-state index in [4.69, 9.17) is 0 Å². The molecule has 1 N–H and O–H groups in total. The third kappa shape index (κ3) is 4.05. The highest BCUT2D eigenvalue weighted by Crippen LogP contribution is 2.29. The number of likely N-dealkylation sites (tertiary alicyclic amines) is 1. The molecule has 1 aromatic heterocycles. The minimum absolute atomic E-state index is 0.337. The Hall–Kier alpha value is -1.65. The van der Waals surface area contributed by atoms with Crippen LogP contribution in [0, 0.1) is 0 Å². The first-order valence-corrected chi connectivity index (χ1v) is 9.71. The van der Waals surface area contributed by atoms with Crippen LogP contribution in [0.3, 0.4) is 0 Å². The number of ketones is 1. The first-order chi connectivity index (χ1) is 11.7. The van der Waals surface area contributed by atoms with Gasteiger partial charge in [0.1, 0.15) is 0 Å². The van der Waals surface area contributed by atoms with Gasteiger partial charge in [0.05, 0.1) is 5.54 Å². The SMILES string of the molecule is CCC(=O)C1(Nc2ccccc2)CCN(CCc2cccs2)CC1. The summed E-state index contributed by atoms with van der Waals surface area (Å²) in [6.45, 7) is 5.02. The number of thiophene rings is 1. The van der Waals surface area contributed by atoms with E-state index in [1.807, 2.05) is 48.6 Å². The summed E-state index contributed by atoms with van der Waals surface area (Å²) in [6.07, 6.45) is 3.48. The number of benzene rings is 1. The molecule has 1 saturated heterocycles. The number of nitrogens with zero attached hydrogens (tertiary/aromatic N) is 1. The normalized spacial score (nSPS) is 17.5. The molecule has 1 aliphatic heterocycles. The van der Waals surface area contributed by atoms with E-state index >= 15 is 0 Å². The lowest BCUT2D eigenvalue weighted by Gasteiger charge is -2.42. The zero-order valence-electron chi connectivity index (χ0n) is 14.3. The summed E-state index contributed by atoms with van der Waals surface area (Å²) in [5, 5.41) is 5.70. The Morgan fingerprint density at radius 3 is 2.54 bits per heavy atom.